The molecule has 0 saturated carbocycles. The number of hydrogen-bond donors (Lipinski definition) is 3. The summed E-state index contributed by atoms with van der Waals surface area (Å²) in [5.74, 6) is -0.977. The molecular formula is C7H14N2O2. The molecule has 0 heterocycles. The molecule has 0 saturated heterocycles. The third-order valence-corrected chi connectivity index (χ3v) is 1.41. The summed E-state index contributed by atoms with van der Waals surface area (Å²) >= 11 is 0. The van der Waals surface area contributed by atoms with Crippen molar-refractivity contribution in [2.45, 2.75) is 18.9 Å². The van der Waals surface area contributed by atoms with E-state index in [9.17, 15) is 4.79 Å². The van der Waals surface area contributed by atoms with Gasteiger partial charge in [0.25, 0.3) is 0 Å². The Kier molecular flexibility index (Phi) is 4.49. The van der Waals surface area contributed by atoms with E-state index in [0.29, 0.717) is 19.4 Å². The van der Waals surface area contributed by atoms with E-state index in [-0.39, 0.29) is 0 Å². The Morgan fingerprint density at radius 3 is 2.55 bits per heavy atom. The number of carboxylic acid groups (broad SMARTS) is 1. The van der Waals surface area contributed by atoms with Crippen molar-refractivity contribution in [2.75, 3.05) is 6.54 Å². The summed E-state index contributed by atoms with van der Waals surface area (Å²) in [5.41, 5.74) is 11.3. The smallest absolute Gasteiger partial charge is 0.320 e. The average Bonchev–Trinajstić information content (AvgIpc) is 1.99. The molecule has 0 amide bonds. The van der Waals surface area contributed by atoms with Gasteiger partial charge in [-0.1, -0.05) is 12.2 Å². The van der Waals surface area contributed by atoms with Crippen molar-refractivity contribution in [1.82, 2.24) is 0 Å². The van der Waals surface area contributed by atoms with Crippen molar-refractivity contribution >= 4 is 5.97 Å². The second kappa shape index (κ2) is 4.87. The van der Waals surface area contributed by atoms with Gasteiger partial charge in [-0.2, -0.15) is 0 Å². The van der Waals surface area contributed by atoms with Gasteiger partial charge in [-0.05, 0) is 12.8 Å². The summed E-state index contributed by atoms with van der Waals surface area (Å²) in [6.45, 7) is 4.03. The largest absolute Gasteiger partial charge is 0.480 e. The Morgan fingerprint density at radius 1 is 1.64 bits per heavy atom. The Bertz CT molecular complexity index is 157. The fourth-order valence-corrected chi connectivity index (χ4v) is 0.585. The summed E-state index contributed by atoms with van der Waals surface area (Å²) in [7, 11) is 0. The SMILES string of the molecule is C=C(CN)CC[C@H](N)C(=O)O. The molecule has 0 bridgehead atoms. The minimum absolute atomic E-state index is 0.395. The van der Waals surface area contributed by atoms with Gasteiger partial charge in [0.1, 0.15) is 6.04 Å². The molecule has 5 N–H and O–H groups in total. The van der Waals surface area contributed by atoms with E-state index < -0.39 is 12.0 Å². The van der Waals surface area contributed by atoms with Gasteiger partial charge in [0.15, 0.2) is 0 Å². The van der Waals surface area contributed by atoms with Crippen LogP contribution in [0.1, 0.15) is 12.8 Å². The molecule has 0 unspecified atom stereocenters. The maximum Gasteiger partial charge on any atom is 0.320 e. The van der Waals surface area contributed by atoms with E-state index in [1.807, 2.05) is 0 Å². The summed E-state index contributed by atoms with van der Waals surface area (Å²) in [5, 5.41) is 8.38. The first-order chi connectivity index (χ1) is 5.07. The first-order valence-corrected chi connectivity index (χ1v) is 3.43. The van der Waals surface area contributed by atoms with Gasteiger partial charge >= 0.3 is 5.97 Å². The number of aliphatic carboxylic acids is 1. The highest BCUT2D eigenvalue weighted by atomic mass is 16.4. The maximum atomic E-state index is 10.2. The lowest BCUT2D eigenvalue weighted by molar-refractivity contribution is -0.138. The van der Waals surface area contributed by atoms with Crippen LogP contribution in [0.25, 0.3) is 0 Å². The van der Waals surface area contributed by atoms with Crippen molar-refractivity contribution in [3.8, 4) is 0 Å². The molecule has 1 atom stereocenters. The highest BCUT2D eigenvalue weighted by Crippen LogP contribution is 2.02. The lowest BCUT2D eigenvalue weighted by atomic mass is 10.1. The minimum atomic E-state index is -0.977. The Hall–Kier alpha value is -0.870. The van der Waals surface area contributed by atoms with Crippen LogP contribution in [0.2, 0.25) is 0 Å². The van der Waals surface area contributed by atoms with E-state index in [1.165, 1.54) is 0 Å². The van der Waals surface area contributed by atoms with Crippen LogP contribution in [0.3, 0.4) is 0 Å². The third kappa shape index (κ3) is 4.52. The highest BCUT2D eigenvalue weighted by molar-refractivity contribution is 5.72. The van der Waals surface area contributed by atoms with Crippen molar-refractivity contribution in [3.05, 3.63) is 12.2 Å². The van der Waals surface area contributed by atoms with Crippen LogP contribution in [0, 0.1) is 0 Å². The van der Waals surface area contributed by atoms with Gasteiger partial charge in [0, 0.05) is 6.54 Å². The third-order valence-electron chi connectivity index (χ3n) is 1.41. The Balaban J connectivity index is 3.54. The lowest BCUT2D eigenvalue weighted by Crippen LogP contribution is -2.30. The predicted octanol–water partition coefficient (Wildman–Crippen LogP) is -0.307. The van der Waals surface area contributed by atoms with Crippen LogP contribution in [-0.4, -0.2) is 23.7 Å². The van der Waals surface area contributed by atoms with E-state index in [2.05, 4.69) is 6.58 Å². The highest BCUT2D eigenvalue weighted by Gasteiger charge is 2.10. The molecule has 4 heteroatoms. The van der Waals surface area contributed by atoms with Crippen molar-refractivity contribution < 1.29 is 9.90 Å². The first kappa shape index (κ1) is 10.1. The van der Waals surface area contributed by atoms with E-state index in [0.717, 1.165) is 5.57 Å². The molecule has 64 valence electrons. The summed E-state index contributed by atoms with van der Waals surface area (Å²) in [4.78, 5) is 10.2. The molecule has 0 aliphatic carbocycles. The van der Waals surface area contributed by atoms with E-state index in [1.54, 1.807) is 0 Å². The van der Waals surface area contributed by atoms with Gasteiger partial charge < -0.3 is 16.6 Å². The second-order valence-corrected chi connectivity index (χ2v) is 2.44. The fourth-order valence-electron chi connectivity index (χ4n) is 0.585. The summed E-state index contributed by atoms with van der Waals surface area (Å²) in [6, 6.07) is -0.793. The molecular weight excluding hydrogens is 144 g/mol. The Morgan fingerprint density at radius 2 is 2.18 bits per heavy atom. The van der Waals surface area contributed by atoms with Gasteiger partial charge in [-0.25, -0.2) is 0 Å². The average molecular weight is 158 g/mol. The molecule has 0 aromatic carbocycles. The first-order valence-electron chi connectivity index (χ1n) is 3.43. The molecule has 0 rings (SSSR count). The number of hydrogen-bond acceptors (Lipinski definition) is 3. The number of rotatable bonds is 5. The van der Waals surface area contributed by atoms with Crippen molar-refractivity contribution in [3.63, 3.8) is 0 Å². The van der Waals surface area contributed by atoms with Crippen molar-refractivity contribution in [1.29, 1.82) is 0 Å². The minimum Gasteiger partial charge on any atom is -0.480 e. The van der Waals surface area contributed by atoms with Gasteiger partial charge in [0.2, 0.25) is 0 Å². The fraction of sp³-hybridized carbons (Fsp3) is 0.571. The Labute approximate surface area is 65.9 Å². The van der Waals surface area contributed by atoms with Crippen LogP contribution < -0.4 is 11.5 Å². The summed E-state index contributed by atoms with van der Waals surface area (Å²) in [6.07, 6.45) is 0.995. The molecule has 0 aromatic heterocycles. The van der Waals surface area contributed by atoms with Crippen LogP contribution in [-0.2, 0) is 4.79 Å². The van der Waals surface area contributed by atoms with Crippen LogP contribution in [0.4, 0.5) is 0 Å². The normalized spacial score (nSPS) is 12.5. The topological polar surface area (TPSA) is 89.3 Å². The molecule has 0 spiro atoms. The molecule has 11 heavy (non-hydrogen) atoms. The lowest BCUT2D eigenvalue weighted by Gasteiger charge is -2.05. The quantitative estimate of drug-likeness (QED) is 0.479. The molecule has 0 radical (unpaired) electrons. The van der Waals surface area contributed by atoms with E-state index >= 15 is 0 Å². The van der Waals surface area contributed by atoms with Crippen LogP contribution in [0.5, 0.6) is 0 Å². The van der Waals surface area contributed by atoms with Gasteiger partial charge in [-0.3, -0.25) is 4.79 Å². The molecule has 0 fully saturated rings. The monoisotopic (exact) mass is 158 g/mol. The zero-order chi connectivity index (χ0) is 8.85. The molecule has 0 aliphatic heterocycles. The molecule has 0 aromatic rings. The molecule has 0 aliphatic rings. The van der Waals surface area contributed by atoms with Crippen LogP contribution in [0.15, 0.2) is 12.2 Å². The number of nitrogens with two attached hydrogens (primary N) is 2. The van der Waals surface area contributed by atoms with Crippen LogP contribution >= 0.6 is 0 Å². The molecule has 4 nitrogen and oxygen atoms in total. The zero-order valence-electron chi connectivity index (χ0n) is 6.42. The maximum absolute atomic E-state index is 10.2. The standard InChI is InChI=1S/C7H14N2O2/c1-5(4-8)2-3-6(9)7(10)11/h6H,1-4,8-9H2,(H,10,11)/t6-/m0/s1. The van der Waals surface area contributed by atoms with Gasteiger partial charge in [-0.15, -0.1) is 0 Å². The zero-order valence-corrected chi connectivity index (χ0v) is 6.42. The summed E-state index contributed by atoms with van der Waals surface area (Å²) < 4.78 is 0. The second-order valence-electron chi connectivity index (χ2n) is 2.44. The van der Waals surface area contributed by atoms with Crippen molar-refractivity contribution in [2.24, 2.45) is 11.5 Å². The predicted molar refractivity (Wildman–Crippen MR) is 43.0 cm³/mol. The van der Waals surface area contributed by atoms with E-state index in [4.69, 9.17) is 16.6 Å². The number of carbonyl (C=O) groups is 1. The number of carboxylic acids is 1. The van der Waals surface area contributed by atoms with Gasteiger partial charge in [0.05, 0.1) is 0 Å².